The molecule has 1 aliphatic rings. The Morgan fingerprint density at radius 2 is 2.13 bits per heavy atom. The third-order valence-electron chi connectivity index (χ3n) is 3.52. The first kappa shape index (κ1) is 11.6. The Bertz CT molecular complexity index is 378. The van der Waals surface area contributed by atoms with Gasteiger partial charge in [0.15, 0.2) is 0 Å². The van der Waals surface area contributed by atoms with E-state index in [0.29, 0.717) is 10.2 Å². The smallest absolute Gasteiger partial charge is 0.0738 e. The van der Waals surface area contributed by atoms with Crippen molar-refractivity contribution in [2.45, 2.75) is 37.9 Å². The molecule has 4 heteroatoms. The lowest BCUT2D eigenvalue weighted by Crippen LogP contribution is -2.17. The van der Waals surface area contributed by atoms with Gasteiger partial charge in [0.25, 0.3) is 0 Å². The van der Waals surface area contributed by atoms with Gasteiger partial charge in [0.05, 0.1) is 15.9 Å². The highest BCUT2D eigenvalue weighted by atomic mass is 79.9. The molecule has 1 aromatic rings. The molecule has 1 aromatic heterocycles. The number of nitrogens with zero attached hydrogens (tertiary/aromatic N) is 2. The second kappa shape index (κ2) is 3.88. The Hall–Kier alpha value is 0.170. The number of hydrogen-bond donors (Lipinski definition) is 0. The summed E-state index contributed by atoms with van der Waals surface area (Å²) in [5, 5.41) is 4.44. The monoisotopic (exact) mass is 334 g/mol. The summed E-state index contributed by atoms with van der Waals surface area (Å²) in [4.78, 5) is 0.590. The van der Waals surface area contributed by atoms with Gasteiger partial charge in [-0.15, -0.1) is 0 Å². The van der Waals surface area contributed by atoms with Crippen molar-refractivity contribution in [3.8, 4) is 0 Å². The number of aryl methyl sites for hydroxylation is 2. The van der Waals surface area contributed by atoms with Crippen molar-refractivity contribution < 1.29 is 0 Å². The zero-order valence-electron chi connectivity index (χ0n) is 9.35. The number of hydrogen-bond acceptors (Lipinski definition) is 1. The molecule has 84 valence electrons. The normalized spacial score (nSPS) is 20.3. The van der Waals surface area contributed by atoms with E-state index in [9.17, 15) is 0 Å². The molecular weight excluding hydrogens is 320 g/mol. The highest BCUT2D eigenvalue weighted by Gasteiger charge is 2.47. The molecule has 0 spiro atoms. The molecule has 15 heavy (non-hydrogen) atoms. The summed E-state index contributed by atoms with van der Waals surface area (Å²) >= 11 is 7.36. The molecule has 1 fully saturated rings. The molecule has 1 saturated carbocycles. The van der Waals surface area contributed by atoms with E-state index in [4.69, 9.17) is 0 Å². The molecule has 2 rings (SSSR count). The summed E-state index contributed by atoms with van der Waals surface area (Å²) < 4.78 is 3.19. The van der Waals surface area contributed by atoms with Crippen molar-refractivity contribution in [1.82, 2.24) is 9.78 Å². The van der Waals surface area contributed by atoms with E-state index in [1.165, 1.54) is 23.0 Å². The summed E-state index contributed by atoms with van der Waals surface area (Å²) in [6, 6.07) is 0. The molecular formula is C11H16Br2N2. The number of halogens is 2. The zero-order chi connectivity index (χ0) is 11.2. The highest BCUT2D eigenvalue weighted by molar-refractivity contribution is 9.10. The molecule has 1 unspecified atom stereocenters. The number of aromatic nitrogens is 2. The summed E-state index contributed by atoms with van der Waals surface area (Å²) in [5.41, 5.74) is 2.89. The van der Waals surface area contributed by atoms with Crippen LogP contribution < -0.4 is 0 Å². The lowest BCUT2D eigenvalue weighted by molar-refractivity contribution is 0.486. The lowest BCUT2D eigenvalue weighted by atomic mass is 9.97. The standard InChI is InChI=1S/C11H16Br2N2/c1-7-10(13)9(15(3)14-7)6-11(4-5-11)8(2)12/h8H,4-6H2,1-3H3. The van der Waals surface area contributed by atoms with E-state index < -0.39 is 0 Å². The van der Waals surface area contributed by atoms with Gasteiger partial charge in [-0.25, -0.2) is 0 Å². The fourth-order valence-electron chi connectivity index (χ4n) is 2.08. The van der Waals surface area contributed by atoms with Gasteiger partial charge in [-0.1, -0.05) is 22.9 Å². The lowest BCUT2D eigenvalue weighted by Gasteiger charge is -2.18. The third-order valence-corrected chi connectivity index (χ3v) is 5.52. The molecule has 0 bridgehead atoms. The van der Waals surface area contributed by atoms with E-state index in [2.05, 4.69) is 43.9 Å². The molecule has 0 aromatic carbocycles. The minimum atomic E-state index is 0.475. The average molecular weight is 336 g/mol. The Kier molecular flexibility index (Phi) is 3.01. The minimum absolute atomic E-state index is 0.475. The van der Waals surface area contributed by atoms with E-state index in [1.807, 2.05) is 18.7 Å². The molecule has 0 radical (unpaired) electrons. The fourth-order valence-corrected chi connectivity index (χ4v) is 3.18. The topological polar surface area (TPSA) is 17.8 Å². The molecule has 0 saturated heterocycles. The highest BCUT2D eigenvalue weighted by Crippen LogP contribution is 2.54. The van der Waals surface area contributed by atoms with Crippen molar-refractivity contribution in [3.63, 3.8) is 0 Å². The molecule has 0 aliphatic heterocycles. The number of rotatable bonds is 3. The van der Waals surface area contributed by atoms with Crippen LogP contribution in [0.4, 0.5) is 0 Å². The Morgan fingerprint density at radius 3 is 2.47 bits per heavy atom. The van der Waals surface area contributed by atoms with Gasteiger partial charge < -0.3 is 0 Å². The van der Waals surface area contributed by atoms with Crippen molar-refractivity contribution in [2.24, 2.45) is 12.5 Å². The second-order valence-electron chi connectivity index (χ2n) is 4.62. The maximum absolute atomic E-state index is 4.44. The van der Waals surface area contributed by atoms with Crippen LogP contribution in [0.3, 0.4) is 0 Å². The van der Waals surface area contributed by atoms with E-state index in [0.717, 1.165) is 12.1 Å². The first-order valence-electron chi connectivity index (χ1n) is 5.28. The van der Waals surface area contributed by atoms with Crippen LogP contribution in [0, 0.1) is 12.3 Å². The van der Waals surface area contributed by atoms with Crippen LogP contribution in [0.25, 0.3) is 0 Å². The maximum atomic E-state index is 4.44. The third kappa shape index (κ3) is 2.03. The Morgan fingerprint density at radius 1 is 1.53 bits per heavy atom. The predicted molar refractivity (Wildman–Crippen MR) is 69.4 cm³/mol. The Balaban J connectivity index is 2.25. The van der Waals surface area contributed by atoms with Crippen LogP contribution in [0.5, 0.6) is 0 Å². The van der Waals surface area contributed by atoms with Crippen LogP contribution in [0.2, 0.25) is 0 Å². The van der Waals surface area contributed by atoms with Crippen LogP contribution in [0.1, 0.15) is 31.2 Å². The minimum Gasteiger partial charge on any atom is -0.271 e. The maximum Gasteiger partial charge on any atom is 0.0738 e. The molecule has 1 atom stereocenters. The quantitative estimate of drug-likeness (QED) is 0.772. The summed E-state index contributed by atoms with van der Waals surface area (Å²) in [7, 11) is 2.03. The zero-order valence-corrected chi connectivity index (χ0v) is 12.5. The van der Waals surface area contributed by atoms with E-state index >= 15 is 0 Å². The van der Waals surface area contributed by atoms with Gasteiger partial charge in [0.2, 0.25) is 0 Å². The van der Waals surface area contributed by atoms with Crippen LogP contribution in [-0.4, -0.2) is 14.6 Å². The van der Waals surface area contributed by atoms with Gasteiger partial charge in [0.1, 0.15) is 0 Å². The second-order valence-corrected chi connectivity index (χ2v) is 6.79. The predicted octanol–water partition coefficient (Wildman–Crippen LogP) is 3.60. The van der Waals surface area contributed by atoms with Gasteiger partial charge in [-0.3, -0.25) is 4.68 Å². The van der Waals surface area contributed by atoms with E-state index in [-0.39, 0.29) is 0 Å². The van der Waals surface area contributed by atoms with Crippen LogP contribution in [0.15, 0.2) is 4.47 Å². The molecule has 0 N–H and O–H groups in total. The Labute approximate surface area is 108 Å². The first-order valence-corrected chi connectivity index (χ1v) is 6.99. The van der Waals surface area contributed by atoms with Gasteiger partial charge in [-0.2, -0.15) is 5.10 Å². The van der Waals surface area contributed by atoms with E-state index in [1.54, 1.807) is 0 Å². The van der Waals surface area contributed by atoms with Crippen LogP contribution >= 0.6 is 31.9 Å². The van der Waals surface area contributed by atoms with Crippen molar-refractivity contribution in [3.05, 3.63) is 15.9 Å². The van der Waals surface area contributed by atoms with Gasteiger partial charge in [-0.05, 0) is 47.5 Å². The first-order chi connectivity index (χ1) is 6.96. The van der Waals surface area contributed by atoms with Crippen molar-refractivity contribution >= 4 is 31.9 Å². The molecule has 1 heterocycles. The van der Waals surface area contributed by atoms with Crippen molar-refractivity contribution in [2.75, 3.05) is 0 Å². The molecule has 0 amide bonds. The molecule has 1 aliphatic carbocycles. The molecule has 2 nitrogen and oxygen atoms in total. The van der Waals surface area contributed by atoms with Gasteiger partial charge in [0, 0.05) is 11.9 Å². The average Bonchev–Trinajstić information content (AvgIpc) is 2.89. The summed E-state index contributed by atoms with van der Waals surface area (Å²) in [6.07, 6.45) is 3.78. The van der Waals surface area contributed by atoms with Crippen LogP contribution in [-0.2, 0) is 13.5 Å². The SMILES string of the molecule is Cc1nn(C)c(CC2(C(C)Br)CC2)c1Br. The summed E-state index contributed by atoms with van der Waals surface area (Å²) in [5.74, 6) is 0. The fraction of sp³-hybridized carbons (Fsp3) is 0.727. The number of alkyl halides is 1. The summed E-state index contributed by atoms with van der Waals surface area (Å²) in [6.45, 7) is 4.30. The van der Waals surface area contributed by atoms with Crippen molar-refractivity contribution in [1.29, 1.82) is 0 Å². The van der Waals surface area contributed by atoms with Gasteiger partial charge >= 0.3 is 0 Å². The largest absolute Gasteiger partial charge is 0.271 e.